The summed E-state index contributed by atoms with van der Waals surface area (Å²) in [7, 11) is -4.44. The van der Waals surface area contributed by atoms with Crippen LogP contribution in [-0.4, -0.2) is 29.3 Å². The normalized spacial score (nSPS) is 11.3. The van der Waals surface area contributed by atoms with Crippen LogP contribution in [0, 0.1) is 11.6 Å². The Kier molecular flexibility index (Phi) is 4.43. The average molecular weight is 379 g/mol. The standard InChI is InChI=1S/C16H11F2N3O4S/c17-11-3-4-14(21-7-1-6-19-21)13(9-11)20-26(24,25)15-5-2-10(16(22)23)8-12(15)18/h1-9,20H,(H,22,23). The number of halogens is 2. The summed E-state index contributed by atoms with van der Waals surface area (Å²) in [6.45, 7) is 0. The van der Waals surface area contributed by atoms with Crippen molar-refractivity contribution in [1.29, 1.82) is 0 Å². The summed E-state index contributed by atoms with van der Waals surface area (Å²) >= 11 is 0. The Hall–Kier alpha value is -3.27. The van der Waals surface area contributed by atoms with Gasteiger partial charge in [0.05, 0.1) is 16.9 Å². The molecule has 0 spiro atoms. The minimum Gasteiger partial charge on any atom is -0.478 e. The largest absolute Gasteiger partial charge is 0.478 e. The maximum absolute atomic E-state index is 14.1. The van der Waals surface area contributed by atoms with Gasteiger partial charge in [0, 0.05) is 18.5 Å². The molecule has 0 fully saturated rings. The predicted molar refractivity (Wildman–Crippen MR) is 87.7 cm³/mol. The second-order valence-electron chi connectivity index (χ2n) is 5.17. The molecule has 3 aromatic rings. The van der Waals surface area contributed by atoms with Gasteiger partial charge < -0.3 is 5.11 Å². The third kappa shape index (κ3) is 3.40. The van der Waals surface area contributed by atoms with Crippen molar-refractivity contribution in [2.24, 2.45) is 0 Å². The highest BCUT2D eigenvalue weighted by molar-refractivity contribution is 7.92. The lowest BCUT2D eigenvalue weighted by molar-refractivity contribution is 0.0696. The fourth-order valence-electron chi connectivity index (χ4n) is 2.25. The van der Waals surface area contributed by atoms with Crippen molar-refractivity contribution in [2.75, 3.05) is 4.72 Å². The molecule has 7 nitrogen and oxygen atoms in total. The topological polar surface area (TPSA) is 101 Å². The van der Waals surface area contributed by atoms with E-state index in [0.717, 1.165) is 24.3 Å². The second-order valence-corrected chi connectivity index (χ2v) is 6.82. The number of nitrogens with one attached hydrogen (secondary N) is 1. The fourth-order valence-corrected chi connectivity index (χ4v) is 3.38. The van der Waals surface area contributed by atoms with Gasteiger partial charge in [-0.3, -0.25) is 4.72 Å². The number of hydrogen-bond donors (Lipinski definition) is 2. The molecule has 0 saturated heterocycles. The van der Waals surface area contributed by atoms with Crippen molar-refractivity contribution in [3.8, 4) is 5.69 Å². The van der Waals surface area contributed by atoms with Gasteiger partial charge in [0.25, 0.3) is 10.0 Å². The lowest BCUT2D eigenvalue weighted by Gasteiger charge is -2.13. The van der Waals surface area contributed by atoms with Gasteiger partial charge in [0.15, 0.2) is 0 Å². The second kappa shape index (κ2) is 6.56. The van der Waals surface area contributed by atoms with Gasteiger partial charge in [0.1, 0.15) is 16.5 Å². The number of nitrogens with zero attached hydrogens (tertiary/aromatic N) is 2. The molecule has 0 atom stereocenters. The van der Waals surface area contributed by atoms with Crippen LogP contribution < -0.4 is 4.72 Å². The molecule has 3 rings (SSSR count). The number of aromatic nitrogens is 2. The van der Waals surface area contributed by atoms with E-state index in [1.54, 1.807) is 6.07 Å². The monoisotopic (exact) mass is 379 g/mol. The zero-order valence-corrected chi connectivity index (χ0v) is 13.7. The van der Waals surface area contributed by atoms with E-state index >= 15 is 0 Å². The van der Waals surface area contributed by atoms with Crippen LogP contribution in [0.25, 0.3) is 5.69 Å². The zero-order chi connectivity index (χ0) is 18.9. The van der Waals surface area contributed by atoms with Crippen molar-refractivity contribution < 1.29 is 27.1 Å². The molecule has 10 heteroatoms. The number of rotatable bonds is 5. The highest BCUT2D eigenvalue weighted by atomic mass is 32.2. The summed E-state index contributed by atoms with van der Waals surface area (Å²) in [5, 5.41) is 12.8. The molecule has 0 aliphatic rings. The molecule has 2 N–H and O–H groups in total. The molecule has 2 aromatic carbocycles. The van der Waals surface area contributed by atoms with Gasteiger partial charge in [-0.05, 0) is 36.4 Å². The lowest BCUT2D eigenvalue weighted by Crippen LogP contribution is -2.17. The van der Waals surface area contributed by atoms with E-state index in [1.165, 1.54) is 23.1 Å². The molecule has 1 aromatic heterocycles. The van der Waals surface area contributed by atoms with E-state index in [4.69, 9.17) is 5.11 Å². The molecule has 0 radical (unpaired) electrons. The lowest BCUT2D eigenvalue weighted by atomic mass is 10.2. The molecule has 26 heavy (non-hydrogen) atoms. The minimum atomic E-state index is -4.44. The van der Waals surface area contributed by atoms with E-state index < -0.39 is 38.1 Å². The third-order valence-electron chi connectivity index (χ3n) is 3.42. The molecule has 0 aliphatic carbocycles. The van der Waals surface area contributed by atoms with Crippen LogP contribution in [0.1, 0.15) is 10.4 Å². The fraction of sp³-hybridized carbons (Fsp3) is 0. The van der Waals surface area contributed by atoms with E-state index in [1.807, 2.05) is 0 Å². The Morgan fingerprint density at radius 2 is 1.92 bits per heavy atom. The maximum atomic E-state index is 14.1. The van der Waals surface area contributed by atoms with Crippen LogP contribution >= 0.6 is 0 Å². The summed E-state index contributed by atoms with van der Waals surface area (Å²) in [6, 6.07) is 7.33. The van der Waals surface area contributed by atoms with Gasteiger partial charge in [0.2, 0.25) is 0 Å². The first-order chi connectivity index (χ1) is 12.3. The van der Waals surface area contributed by atoms with Crippen molar-refractivity contribution in [2.45, 2.75) is 4.90 Å². The van der Waals surface area contributed by atoms with Gasteiger partial charge in [-0.2, -0.15) is 5.10 Å². The van der Waals surface area contributed by atoms with Gasteiger partial charge in [-0.25, -0.2) is 26.7 Å². The third-order valence-corrected chi connectivity index (χ3v) is 4.82. The summed E-state index contributed by atoms with van der Waals surface area (Å²) in [6.07, 6.45) is 2.97. The minimum absolute atomic E-state index is 0.157. The van der Waals surface area contributed by atoms with Crippen LogP contribution in [0.3, 0.4) is 0 Å². The number of benzene rings is 2. The Morgan fingerprint density at radius 3 is 2.54 bits per heavy atom. The Labute approximate surface area is 146 Å². The molecule has 0 bridgehead atoms. The highest BCUT2D eigenvalue weighted by Gasteiger charge is 2.22. The molecule has 0 saturated carbocycles. The van der Waals surface area contributed by atoms with Crippen LogP contribution in [0.5, 0.6) is 0 Å². The molecule has 134 valence electrons. The van der Waals surface area contributed by atoms with Crippen LogP contribution in [-0.2, 0) is 10.0 Å². The quantitative estimate of drug-likeness (QED) is 0.710. The number of carboxylic acid groups (broad SMARTS) is 1. The van der Waals surface area contributed by atoms with E-state index in [9.17, 15) is 22.0 Å². The highest BCUT2D eigenvalue weighted by Crippen LogP contribution is 2.25. The number of anilines is 1. The molecular formula is C16H11F2N3O4S. The van der Waals surface area contributed by atoms with E-state index in [2.05, 4.69) is 9.82 Å². The smallest absolute Gasteiger partial charge is 0.335 e. The number of hydrogen-bond acceptors (Lipinski definition) is 4. The summed E-state index contributed by atoms with van der Waals surface area (Å²) in [5.41, 5.74) is -0.331. The van der Waals surface area contributed by atoms with Gasteiger partial charge >= 0.3 is 5.97 Å². The molecular weight excluding hydrogens is 368 g/mol. The Morgan fingerprint density at radius 1 is 1.15 bits per heavy atom. The SMILES string of the molecule is O=C(O)c1ccc(S(=O)(=O)Nc2cc(F)ccc2-n2cccn2)c(F)c1. The Balaban J connectivity index is 2.03. The van der Waals surface area contributed by atoms with Gasteiger partial charge in [-0.1, -0.05) is 0 Å². The van der Waals surface area contributed by atoms with Crippen LogP contribution in [0.2, 0.25) is 0 Å². The van der Waals surface area contributed by atoms with Crippen LogP contribution in [0.15, 0.2) is 59.8 Å². The molecule has 0 aliphatic heterocycles. The first kappa shape index (κ1) is 17.5. The summed E-state index contributed by atoms with van der Waals surface area (Å²) in [5.74, 6) is -3.35. The van der Waals surface area contributed by atoms with E-state index in [-0.39, 0.29) is 11.4 Å². The first-order valence-corrected chi connectivity index (χ1v) is 8.61. The average Bonchev–Trinajstić information content (AvgIpc) is 3.08. The summed E-state index contributed by atoms with van der Waals surface area (Å²) < 4.78 is 56.1. The predicted octanol–water partition coefficient (Wildman–Crippen LogP) is 2.65. The molecule has 0 amide bonds. The van der Waals surface area contributed by atoms with Gasteiger partial charge in [-0.15, -0.1) is 0 Å². The first-order valence-electron chi connectivity index (χ1n) is 7.13. The number of carboxylic acids is 1. The van der Waals surface area contributed by atoms with Crippen LogP contribution in [0.4, 0.5) is 14.5 Å². The van der Waals surface area contributed by atoms with Crippen molar-refractivity contribution in [3.05, 3.63) is 72.1 Å². The number of aromatic carboxylic acids is 1. The molecule has 1 heterocycles. The van der Waals surface area contributed by atoms with Crippen molar-refractivity contribution >= 4 is 21.7 Å². The summed E-state index contributed by atoms with van der Waals surface area (Å²) in [4.78, 5) is 10.1. The zero-order valence-electron chi connectivity index (χ0n) is 12.9. The van der Waals surface area contributed by atoms with Crippen molar-refractivity contribution in [1.82, 2.24) is 9.78 Å². The number of sulfonamides is 1. The number of carbonyl (C=O) groups is 1. The van der Waals surface area contributed by atoms with Crippen molar-refractivity contribution in [3.63, 3.8) is 0 Å². The molecule has 0 unspecified atom stereocenters. The maximum Gasteiger partial charge on any atom is 0.335 e. The van der Waals surface area contributed by atoms with E-state index in [0.29, 0.717) is 6.07 Å². The Bertz CT molecular complexity index is 1080.